The van der Waals surface area contributed by atoms with Crippen LogP contribution >= 0.6 is 57.6 Å². The number of rotatable bonds is 8. The van der Waals surface area contributed by atoms with Crippen LogP contribution in [0, 0.1) is 10.5 Å². The number of amides is 2. The third-order valence-electron chi connectivity index (χ3n) is 5.33. The largest absolute Gasteiger partial charge is 0.490 e. The molecule has 0 N–H and O–H groups in total. The average molecular weight is 654 g/mol. The minimum absolute atomic E-state index is 0.242. The first-order chi connectivity index (χ1) is 17.2. The summed E-state index contributed by atoms with van der Waals surface area (Å²) in [4.78, 5) is 27.2. The van der Waals surface area contributed by atoms with E-state index in [-0.39, 0.29) is 24.3 Å². The molecule has 0 atom stereocenters. The molecule has 0 aromatic heterocycles. The standard InChI is InChI=1S/C27H22Cl2INO4S/c1-3-34-23-12-19(11-22(30)25(23)35-15-18-8-9-20(28)21(29)10-18)13-24-26(32)31(27(33)36-24)14-17-6-4-16(2)5-7-17/h4-13H,3,14-15H2,1-2H3/b24-13-. The van der Waals surface area contributed by atoms with E-state index in [1.165, 1.54) is 4.90 Å². The van der Waals surface area contributed by atoms with E-state index in [0.29, 0.717) is 33.1 Å². The first-order valence-electron chi connectivity index (χ1n) is 11.1. The van der Waals surface area contributed by atoms with Gasteiger partial charge in [0.2, 0.25) is 0 Å². The first kappa shape index (κ1) is 26.9. The molecule has 36 heavy (non-hydrogen) atoms. The summed E-state index contributed by atoms with van der Waals surface area (Å²) >= 11 is 15.2. The van der Waals surface area contributed by atoms with Crippen molar-refractivity contribution >= 4 is 74.8 Å². The van der Waals surface area contributed by atoms with Gasteiger partial charge in [0.25, 0.3) is 11.1 Å². The van der Waals surface area contributed by atoms with Gasteiger partial charge in [-0.25, -0.2) is 0 Å². The molecule has 0 unspecified atom stereocenters. The van der Waals surface area contributed by atoms with E-state index < -0.39 is 0 Å². The van der Waals surface area contributed by atoms with Crippen LogP contribution in [0.4, 0.5) is 4.79 Å². The predicted octanol–water partition coefficient (Wildman–Crippen LogP) is 8.12. The van der Waals surface area contributed by atoms with Crippen molar-refractivity contribution in [1.29, 1.82) is 0 Å². The Morgan fingerprint density at radius 2 is 1.69 bits per heavy atom. The van der Waals surface area contributed by atoms with Crippen molar-refractivity contribution in [1.82, 2.24) is 4.90 Å². The zero-order valence-corrected chi connectivity index (χ0v) is 24.0. The number of halogens is 3. The van der Waals surface area contributed by atoms with Crippen LogP contribution in [0.2, 0.25) is 10.0 Å². The molecule has 1 heterocycles. The van der Waals surface area contributed by atoms with Gasteiger partial charge in [0.1, 0.15) is 6.61 Å². The van der Waals surface area contributed by atoms with E-state index in [1.807, 2.05) is 56.3 Å². The van der Waals surface area contributed by atoms with Gasteiger partial charge in [0.15, 0.2) is 11.5 Å². The van der Waals surface area contributed by atoms with Crippen molar-refractivity contribution in [3.63, 3.8) is 0 Å². The molecular formula is C27H22Cl2INO4S. The van der Waals surface area contributed by atoms with Crippen molar-refractivity contribution in [2.75, 3.05) is 6.61 Å². The number of imide groups is 1. The monoisotopic (exact) mass is 653 g/mol. The number of hydrogen-bond donors (Lipinski definition) is 0. The summed E-state index contributed by atoms with van der Waals surface area (Å²) in [7, 11) is 0. The Morgan fingerprint density at radius 3 is 2.39 bits per heavy atom. The lowest BCUT2D eigenvalue weighted by atomic mass is 10.1. The van der Waals surface area contributed by atoms with E-state index in [1.54, 1.807) is 18.2 Å². The zero-order chi connectivity index (χ0) is 25.8. The highest BCUT2D eigenvalue weighted by molar-refractivity contribution is 14.1. The van der Waals surface area contributed by atoms with Crippen molar-refractivity contribution in [3.8, 4) is 11.5 Å². The number of thioether (sulfide) groups is 1. The molecule has 0 radical (unpaired) electrons. The number of carbonyl (C=O) groups excluding carboxylic acids is 2. The Labute approximate surface area is 237 Å². The molecule has 1 aliphatic rings. The summed E-state index contributed by atoms with van der Waals surface area (Å²) in [6.45, 7) is 4.85. The van der Waals surface area contributed by atoms with E-state index in [0.717, 1.165) is 37.6 Å². The van der Waals surface area contributed by atoms with Crippen LogP contribution in [0.25, 0.3) is 6.08 Å². The highest BCUT2D eigenvalue weighted by Gasteiger charge is 2.35. The van der Waals surface area contributed by atoms with Gasteiger partial charge < -0.3 is 9.47 Å². The van der Waals surface area contributed by atoms with Crippen LogP contribution in [0.1, 0.15) is 29.2 Å². The highest BCUT2D eigenvalue weighted by Crippen LogP contribution is 2.38. The Hall–Kier alpha value is -2.20. The zero-order valence-electron chi connectivity index (χ0n) is 19.5. The number of nitrogens with zero attached hydrogens (tertiary/aromatic N) is 1. The molecule has 0 saturated carbocycles. The van der Waals surface area contributed by atoms with Crippen molar-refractivity contribution in [3.05, 3.63) is 95.4 Å². The Balaban J connectivity index is 1.54. The molecule has 3 aromatic carbocycles. The van der Waals surface area contributed by atoms with E-state index >= 15 is 0 Å². The summed E-state index contributed by atoms with van der Waals surface area (Å²) in [6, 6.07) is 16.8. The average Bonchev–Trinajstić information content (AvgIpc) is 3.09. The lowest BCUT2D eigenvalue weighted by Gasteiger charge is -2.15. The molecule has 3 aromatic rings. The summed E-state index contributed by atoms with van der Waals surface area (Å²) in [6.07, 6.45) is 1.72. The van der Waals surface area contributed by atoms with Gasteiger partial charge in [-0.05, 0) is 95.2 Å². The summed E-state index contributed by atoms with van der Waals surface area (Å²) < 4.78 is 12.7. The highest BCUT2D eigenvalue weighted by atomic mass is 127. The van der Waals surface area contributed by atoms with Crippen LogP contribution in [0.15, 0.2) is 59.5 Å². The smallest absolute Gasteiger partial charge is 0.293 e. The molecule has 9 heteroatoms. The van der Waals surface area contributed by atoms with E-state index in [2.05, 4.69) is 22.6 Å². The number of aryl methyl sites for hydroxylation is 1. The van der Waals surface area contributed by atoms with Crippen LogP contribution in [0.5, 0.6) is 11.5 Å². The number of carbonyl (C=O) groups is 2. The van der Waals surface area contributed by atoms with E-state index in [9.17, 15) is 9.59 Å². The maximum Gasteiger partial charge on any atom is 0.293 e. The summed E-state index contributed by atoms with van der Waals surface area (Å²) in [5.41, 5.74) is 3.64. The molecule has 5 nitrogen and oxygen atoms in total. The molecule has 0 bridgehead atoms. The van der Waals surface area contributed by atoms with Gasteiger partial charge in [0, 0.05) is 0 Å². The Bertz CT molecular complexity index is 1340. The van der Waals surface area contributed by atoms with E-state index in [4.69, 9.17) is 32.7 Å². The molecule has 2 amide bonds. The fourth-order valence-electron chi connectivity index (χ4n) is 3.52. The Kier molecular flexibility index (Phi) is 8.87. The number of hydrogen-bond acceptors (Lipinski definition) is 5. The van der Waals surface area contributed by atoms with Crippen molar-refractivity contribution < 1.29 is 19.1 Å². The van der Waals surface area contributed by atoms with Gasteiger partial charge in [-0.15, -0.1) is 0 Å². The van der Waals surface area contributed by atoms with Gasteiger partial charge >= 0.3 is 0 Å². The van der Waals surface area contributed by atoms with Crippen molar-refractivity contribution in [2.45, 2.75) is 27.0 Å². The molecule has 1 fully saturated rings. The minimum Gasteiger partial charge on any atom is -0.490 e. The summed E-state index contributed by atoms with van der Waals surface area (Å²) in [5.74, 6) is 0.834. The number of benzene rings is 3. The van der Waals surface area contributed by atoms with Gasteiger partial charge in [-0.1, -0.05) is 59.1 Å². The third kappa shape index (κ3) is 6.37. The number of ether oxygens (including phenoxy) is 2. The van der Waals surface area contributed by atoms with Crippen molar-refractivity contribution in [2.24, 2.45) is 0 Å². The van der Waals surface area contributed by atoms with Gasteiger partial charge in [0.05, 0.1) is 31.7 Å². The molecule has 186 valence electrons. The predicted molar refractivity (Wildman–Crippen MR) is 154 cm³/mol. The van der Waals surface area contributed by atoms with Crippen LogP contribution in [-0.4, -0.2) is 22.7 Å². The van der Waals surface area contributed by atoms with Crippen LogP contribution < -0.4 is 9.47 Å². The van der Waals surface area contributed by atoms with Crippen LogP contribution in [0.3, 0.4) is 0 Å². The molecular weight excluding hydrogens is 632 g/mol. The second-order valence-corrected chi connectivity index (χ2v) is 11.0. The molecule has 1 saturated heterocycles. The lowest BCUT2D eigenvalue weighted by molar-refractivity contribution is -0.123. The fourth-order valence-corrected chi connectivity index (χ4v) is 5.46. The maximum atomic E-state index is 13.0. The third-order valence-corrected chi connectivity index (χ3v) is 7.78. The van der Waals surface area contributed by atoms with Crippen LogP contribution in [-0.2, 0) is 17.9 Å². The fraction of sp³-hybridized carbons (Fsp3) is 0.185. The molecule has 4 rings (SSSR count). The normalized spacial score (nSPS) is 14.6. The SMILES string of the molecule is CCOc1cc(/C=C2\SC(=O)N(Cc3ccc(C)cc3)C2=O)cc(I)c1OCc1ccc(Cl)c(Cl)c1. The quantitative estimate of drug-likeness (QED) is 0.182. The molecule has 1 aliphatic heterocycles. The molecule has 0 aliphatic carbocycles. The minimum atomic E-state index is -0.307. The second-order valence-electron chi connectivity index (χ2n) is 8.05. The topological polar surface area (TPSA) is 55.8 Å². The summed E-state index contributed by atoms with van der Waals surface area (Å²) in [5, 5.41) is 0.662. The Morgan fingerprint density at radius 1 is 0.972 bits per heavy atom. The van der Waals surface area contributed by atoms with Gasteiger partial charge in [-0.3, -0.25) is 14.5 Å². The first-order valence-corrected chi connectivity index (χ1v) is 13.7. The lowest BCUT2D eigenvalue weighted by Crippen LogP contribution is -2.27. The molecule has 0 spiro atoms. The second kappa shape index (κ2) is 11.9. The van der Waals surface area contributed by atoms with Gasteiger partial charge in [-0.2, -0.15) is 0 Å². The maximum absolute atomic E-state index is 13.0.